The van der Waals surface area contributed by atoms with E-state index in [1.807, 2.05) is 6.34 Å². The molecule has 0 aromatic rings. The average molecular weight is 351 g/mol. The lowest BCUT2D eigenvalue weighted by atomic mass is 9.48. The van der Waals surface area contributed by atoms with E-state index < -0.39 is 0 Å². The molecule has 139 valence electrons. The topological polar surface area (TPSA) is 36.8 Å². The largest absolute Gasteiger partial charge is 0.348 e. The van der Waals surface area contributed by atoms with Gasteiger partial charge in [-0.05, 0) is 113 Å². The van der Waals surface area contributed by atoms with Gasteiger partial charge in [0.1, 0.15) is 5.84 Å². The van der Waals surface area contributed by atoms with Crippen LogP contribution in [0.1, 0.15) is 77.0 Å². The lowest BCUT2D eigenvalue weighted by Crippen LogP contribution is -2.54. The molecule has 0 aromatic carbocycles. The van der Waals surface area contributed by atoms with Gasteiger partial charge >= 0.3 is 0 Å². The molecule has 0 unspecified atom stereocenters. The summed E-state index contributed by atoms with van der Waals surface area (Å²) >= 11 is 0. The van der Waals surface area contributed by atoms with Crippen LogP contribution in [-0.2, 0) is 0 Å². The van der Waals surface area contributed by atoms with Crippen LogP contribution < -0.4 is 5.32 Å². The van der Waals surface area contributed by atoms with Crippen molar-refractivity contribution in [1.82, 2.24) is 5.32 Å². The fraction of sp³-hybridized carbons (Fsp3) is 0.870. The molecular weight excluding hydrogens is 318 g/mol. The molecule has 8 saturated carbocycles. The molecule has 1 N–H and O–H groups in total. The van der Waals surface area contributed by atoms with Crippen LogP contribution in [0.2, 0.25) is 0 Å². The van der Waals surface area contributed by atoms with E-state index in [1.165, 1.54) is 89.1 Å². The third-order valence-corrected chi connectivity index (χ3v) is 9.66. The van der Waals surface area contributed by atoms with E-state index >= 15 is 0 Å². The number of hydrogen-bond donors (Lipinski definition) is 1. The van der Waals surface area contributed by atoms with Gasteiger partial charge in [-0.25, -0.2) is 9.98 Å². The summed E-state index contributed by atoms with van der Waals surface area (Å²) in [5, 5.41) is 3.58. The van der Waals surface area contributed by atoms with E-state index in [0.29, 0.717) is 10.8 Å². The maximum Gasteiger partial charge on any atom is 0.182 e. The average Bonchev–Trinajstić information content (AvgIpc) is 2.60. The van der Waals surface area contributed by atoms with Crippen molar-refractivity contribution in [3.63, 3.8) is 0 Å². The van der Waals surface area contributed by atoms with Gasteiger partial charge in [-0.3, -0.25) is 0 Å². The highest BCUT2D eigenvalue weighted by molar-refractivity contribution is 5.96. The normalized spacial score (nSPS) is 56.7. The van der Waals surface area contributed by atoms with Crippen LogP contribution in [0.15, 0.2) is 9.98 Å². The quantitative estimate of drug-likeness (QED) is 0.752. The Labute approximate surface area is 157 Å². The maximum absolute atomic E-state index is 5.39. The zero-order valence-electron chi connectivity index (χ0n) is 15.9. The Kier molecular flexibility index (Phi) is 2.87. The molecule has 0 spiro atoms. The SMILES string of the molecule is C1=NC(C23CC4CC(CC(C4)C2)C3)=N[C](C23CC4CC(CC(C4)C2)C3)N1. The summed E-state index contributed by atoms with van der Waals surface area (Å²) in [4.78, 5) is 10.3. The highest BCUT2D eigenvalue weighted by Gasteiger charge is 2.57. The Morgan fingerprint density at radius 2 is 1.08 bits per heavy atom. The third kappa shape index (κ3) is 2.01. The number of amidine groups is 1. The first kappa shape index (κ1) is 15.1. The molecule has 0 saturated heterocycles. The van der Waals surface area contributed by atoms with E-state index in [-0.39, 0.29) is 0 Å². The van der Waals surface area contributed by atoms with Crippen LogP contribution >= 0.6 is 0 Å². The predicted octanol–water partition coefficient (Wildman–Crippen LogP) is 4.94. The Balaban J connectivity index is 1.23. The van der Waals surface area contributed by atoms with Gasteiger partial charge in [0, 0.05) is 10.8 Å². The van der Waals surface area contributed by atoms with Crippen LogP contribution in [-0.4, -0.2) is 12.2 Å². The fourth-order valence-corrected chi connectivity index (χ4v) is 9.63. The molecule has 3 heteroatoms. The summed E-state index contributed by atoms with van der Waals surface area (Å²) in [5.41, 5.74) is 0.704. The van der Waals surface area contributed by atoms with E-state index in [2.05, 4.69) is 5.32 Å². The smallest absolute Gasteiger partial charge is 0.182 e. The van der Waals surface area contributed by atoms with Crippen LogP contribution in [0.5, 0.6) is 0 Å². The molecule has 8 aliphatic carbocycles. The molecule has 9 rings (SSSR count). The van der Waals surface area contributed by atoms with Gasteiger partial charge in [0.25, 0.3) is 0 Å². The second kappa shape index (κ2) is 4.94. The van der Waals surface area contributed by atoms with Crippen molar-refractivity contribution >= 4 is 12.2 Å². The molecule has 9 aliphatic rings. The fourth-order valence-electron chi connectivity index (χ4n) is 9.63. The standard InChI is InChI=1S/C23H32N3/c1-14-2-16-3-15(1)8-22(7-14,9-16)20-24-13-25-21(26-20)23-10-17-4-18(11-23)6-19(5-17)12-23/h13-19H,1-12H2,(H,24,25,26). The molecule has 8 bridgehead atoms. The predicted molar refractivity (Wildman–Crippen MR) is 104 cm³/mol. The van der Waals surface area contributed by atoms with Crippen molar-refractivity contribution in [2.75, 3.05) is 0 Å². The Morgan fingerprint density at radius 3 is 1.54 bits per heavy atom. The second-order valence-electron chi connectivity index (χ2n) is 11.6. The highest BCUT2D eigenvalue weighted by atomic mass is 15.2. The van der Waals surface area contributed by atoms with Crippen molar-refractivity contribution in [2.45, 2.75) is 77.0 Å². The first-order valence-electron chi connectivity index (χ1n) is 11.4. The summed E-state index contributed by atoms with van der Waals surface area (Å²) in [6, 6.07) is 0. The third-order valence-electron chi connectivity index (χ3n) is 9.66. The summed E-state index contributed by atoms with van der Waals surface area (Å²) in [7, 11) is 0. The summed E-state index contributed by atoms with van der Waals surface area (Å²) in [5.74, 6) is 7.08. The summed E-state index contributed by atoms with van der Waals surface area (Å²) < 4.78 is 0. The number of aliphatic imine (C=N–C) groups is 2. The number of nitrogens with one attached hydrogen (secondary N) is 1. The van der Waals surface area contributed by atoms with Crippen molar-refractivity contribution in [3.05, 3.63) is 6.17 Å². The van der Waals surface area contributed by atoms with E-state index in [1.54, 1.807) is 0 Å². The Hall–Kier alpha value is -0.860. The first-order valence-corrected chi connectivity index (χ1v) is 11.4. The number of nitrogens with zero attached hydrogens (tertiary/aromatic N) is 2. The van der Waals surface area contributed by atoms with Crippen molar-refractivity contribution in [2.24, 2.45) is 56.3 Å². The first-order chi connectivity index (χ1) is 12.7. The van der Waals surface area contributed by atoms with Crippen molar-refractivity contribution < 1.29 is 0 Å². The van der Waals surface area contributed by atoms with Gasteiger partial charge in [-0.1, -0.05) is 0 Å². The second-order valence-corrected chi connectivity index (χ2v) is 11.6. The van der Waals surface area contributed by atoms with Gasteiger partial charge in [-0.15, -0.1) is 0 Å². The van der Waals surface area contributed by atoms with Gasteiger partial charge < -0.3 is 5.32 Å². The van der Waals surface area contributed by atoms with Crippen molar-refractivity contribution in [3.8, 4) is 0 Å². The minimum absolute atomic E-state index is 0.334. The van der Waals surface area contributed by atoms with Gasteiger partial charge in [0.2, 0.25) is 0 Å². The van der Waals surface area contributed by atoms with E-state index in [0.717, 1.165) is 35.5 Å². The Morgan fingerprint density at radius 1 is 0.654 bits per heavy atom. The maximum atomic E-state index is 5.39. The molecular formula is C23H32N3. The molecule has 26 heavy (non-hydrogen) atoms. The molecule has 1 radical (unpaired) electrons. The zero-order chi connectivity index (χ0) is 16.9. The lowest BCUT2D eigenvalue weighted by molar-refractivity contribution is -0.0476. The van der Waals surface area contributed by atoms with Gasteiger partial charge in [0.15, 0.2) is 6.17 Å². The molecule has 8 fully saturated rings. The van der Waals surface area contributed by atoms with Crippen LogP contribution in [0.25, 0.3) is 0 Å². The lowest BCUT2D eigenvalue weighted by Gasteiger charge is -2.59. The zero-order valence-corrected chi connectivity index (χ0v) is 15.9. The summed E-state index contributed by atoms with van der Waals surface area (Å²) in [6.45, 7) is 0. The van der Waals surface area contributed by atoms with Crippen LogP contribution in [0.4, 0.5) is 0 Å². The monoisotopic (exact) mass is 350 g/mol. The molecule has 0 atom stereocenters. The molecule has 1 aliphatic heterocycles. The van der Waals surface area contributed by atoms with Crippen LogP contribution in [0.3, 0.4) is 0 Å². The minimum atomic E-state index is 0.334. The van der Waals surface area contributed by atoms with Gasteiger partial charge in [0.05, 0.1) is 6.34 Å². The molecule has 0 aromatic heterocycles. The molecule has 3 nitrogen and oxygen atoms in total. The van der Waals surface area contributed by atoms with E-state index in [9.17, 15) is 0 Å². The number of rotatable bonds is 2. The van der Waals surface area contributed by atoms with Crippen molar-refractivity contribution in [1.29, 1.82) is 0 Å². The van der Waals surface area contributed by atoms with Gasteiger partial charge in [-0.2, -0.15) is 0 Å². The minimum Gasteiger partial charge on any atom is -0.348 e. The molecule has 0 amide bonds. The number of hydrogen-bond acceptors (Lipinski definition) is 3. The van der Waals surface area contributed by atoms with Crippen LogP contribution in [0, 0.1) is 52.5 Å². The molecule has 1 heterocycles. The van der Waals surface area contributed by atoms with E-state index in [4.69, 9.17) is 9.98 Å². The summed E-state index contributed by atoms with van der Waals surface area (Å²) in [6.07, 6.45) is 20.7. The Bertz CT molecular complexity index is 619. The highest BCUT2D eigenvalue weighted by Crippen LogP contribution is 2.64.